The highest BCUT2D eigenvalue weighted by atomic mass is 16.5. The summed E-state index contributed by atoms with van der Waals surface area (Å²) >= 11 is 0. The fourth-order valence-electron chi connectivity index (χ4n) is 1.78. The topological polar surface area (TPSA) is 87.3 Å². The maximum atomic E-state index is 6.02. The van der Waals surface area contributed by atoms with Crippen LogP contribution in [-0.2, 0) is 0 Å². The summed E-state index contributed by atoms with van der Waals surface area (Å²) in [6.07, 6.45) is 0. The third-order valence-electron chi connectivity index (χ3n) is 2.65. The van der Waals surface area contributed by atoms with E-state index < -0.39 is 0 Å². The molecule has 0 saturated heterocycles. The molecule has 4 nitrogen and oxygen atoms in total. The minimum atomic E-state index is 0.575. The Labute approximate surface area is 100.0 Å². The second kappa shape index (κ2) is 4.25. The lowest BCUT2D eigenvalue weighted by molar-refractivity contribution is 0.417. The van der Waals surface area contributed by atoms with E-state index in [-0.39, 0.29) is 0 Å². The van der Waals surface area contributed by atoms with E-state index in [1.165, 1.54) is 0 Å². The number of para-hydroxylation sites is 1. The number of nitrogen functional groups attached to an aromatic ring is 3. The highest BCUT2D eigenvalue weighted by molar-refractivity contribution is 5.87. The van der Waals surface area contributed by atoms with E-state index in [0.717, 1.165) is 11.1 Å². The number of ether oxygens (including phenoxy) is 1. The van der Waals surface area contributed by atoms with Crippen LogP contribution in [0.3, 0.4) is 0 Å². The first-order chi connectivity index (χ1) is 8.13. The Hall–Kier alpha value is -2.36. The Morgan fingerprint density at radius 1 is 0.941 bits per heavy atom. The predicted molar refractivity (Wildman–Crippen MR) is 71.7 cm³/mol. The molecule has 0 radical (unpaired) electrons. The number of rotatable bonds is 2. The van der Waals surface area contributed by atoms with E-state index >= 15 is 0 Å². The zero-order valence-corrected chi connectivity index (χ0v) is 9.60. The van der Waals surface area contributed by atoms with E-state index in [1.807, 2.05) is 24.3 Å². The number of hydrogen-bond acceptors (Lipinski definition) is 4. The standard InChI is InChI=1S/C13H15N3O/c1-17-12-4-2-3-10(13(12)16)9-6-5-8(14)7-11(9)15/h2-7H,14-16H2,1H3. The lowest BCUT2D eigenvalue weighted by atomic mass is 10.0. The number of anilines is 3. The number of nitrogens with two attached hydrogens (primary N) is 3. The summed E-state index contributed by atoms with van der Waals surface area (Å²) < 4.78 is 5.18. The third-order valence-corrected chi connectivity index (χ3v) is 2.65. The van der Waals surface area contributed by atoms with Crippen molar-refractivity contribution in [2.45, 2.75) is 0 Å². The van der Waals surface area contributed by atoms with Gasteiger partial charge in [0.1, 0.15) is 5.75 Å². The zero-order valence-electron chi connectivity index (χ0n) is 9.60. The molecule has 0 heterocycles. The Morgan fingerprint density at radius 2 is 1.71 bits per heavy atom. The Bertz CT molecular complexity index is 552. The molecule has 0 amide bonds. The van der Waals surface area contributed by atoms with Gasteiger partial charge in [0, 0.05) is 22.5 Å². The number of benzene rings is 2. The molecule has 0 saturated carbocycles. The average Bonchev–Trinajstić information content (AvgIpc) is 2.30. The third kappa shape index (κ3) is 1.97. The highest BCUT2D eigenvalue weighted by Crippen LogP contribution is 2.36. The molecule has 0 spiro atoms. The molecule has 0 bridgehead atoms. The van der Waals surface area contributed by atoms with Gasteiger partial charge in [-0.3, -0.25) is 0 Å². The van der Waals surface area contributed by atoms with Gasteiger partial charge in [0.2, 0.25) is 0 Å². The molecule has 0 aromatic heterocycles. The van der Waals surface area contributed by atoms with Crippen LogP contribution in [0, 0.1) is 0 Å². The van der Waals surface area contributed by atoms with Crippen LogP contribution in [0.5, 0.6) is 5.75 Å². The van der Waals surface area contributed by atoms with E-state index in [0.29, 0.717) is 22.8 Å². The fourth-order valence-corrected chi connectivity index (χ4v) is 1.78. The molecule has 0 aliphatic rings. The summed E-state index contributed by atoms with van der Waals surface area (Å²) in [6.45, 7) is 0. The van der Waals surface area contributed by atoms with Crippen molar-refractivity contribution >= 4 is 17.1 Å². The summed E-state index contributed by atoms with van der Waals surface area (Å²) in [7, 11) is 1.59. The zero-order chi connectivity index (χ0) is 12.4. The summed E-state index contributed by atoms with van der Waals surface area (Å²) in [5, 5.41) is 0. The van der Waals surface area contributed by atoms with Gasteiger partial charge in [0.15, 0.2) is 0 Å². The first-order valence-corrected chi connectivity index (χ1v) is 5.21. The first kappa shape index (κ1) is 11.1. The molecule has 2 aromatic rings. The monoisotopic (exact) mass is 229 g/mol. The van der Waals surface area contributed by atoms with E-state index in [2.05, 4.69) is 0 Å². The summed E-state index contributed by atoms with van der Waals surface area (Å²) in [6, 6.07) is 11.0. The van der Waals surface area contributed by atoms with Gasteiger partial charge >= 0.3 is 0 Å². The minimum Gasteiger partial charge on any atom is -0.495 e. The average molecular weight is 229 g/mol. The van der Waals surface area contributed by atoms with Gasteiger partial charge in [-0.15, -0.1) is 0 Å². The minimum absolute atomic E-state index is 0.575. The Morgan fingerprint density at radius 3 is 2.35 bits per heavy atom. The van der Waals surface area contributed by atoms with Crippen molar-refractivity contribution in [3.63, 3.8) is 0 Å². The largest absolute Gasteiger partial charge is 0.495 e. The van der Waals surface area contributed by atoms with Crippen molar-refractivity contribution in [2.24, 2.45) is 0 Å². The molecule has 0 atom stereocenters. The van der Waals surface area contributed by atoms with Crippen molar-refractivity contribution in [2.75, 3.05) is 24.3 Å². The Kier molecular flexibility index (Phi) is 2.78. The van der Waals surface area contributed by atoms with Gasteiger partial charge in [-0.25, -0.2) is 0 Å². The molecule has 4 heteroatoms. The van der Waals surface area contributed by atoms with E-state index in [1.54, 1.807) is 19.2 Å². The van der Waals surface area contributed by atoms with Crippen LogP contribution in [0.2, 0.25) is 0 Å². The van der Waals surface area contributed by atoms with Crippen LogP contribution < -0.4 is 21.9 Å². The van der Waals surface area contributed by atoms with Crippen molar-refractivity contribution in [3.05, 3.63) is 36.4 Å². The molecule has 2 aromatic carbocycles. The quantitative estimate of drug-likeness (QED) is 0.688. The SMILES string of the molecule is COc1cccc(-c2ccc(N)cc2N)c1N. The molecule has 0 unspecified atom stereocenters. The second-order valence-corrected chi connectivity index (χ2v) is 3.77. The first-order valence-electron chi connectivity index (χ1n) is 5.21. The van der Waals surface area contributed by atoms with Crippen LogP contribution in [0.25, 0.3) is 11.1 Å². The smallest absolute Gasteiger partial charge is 0.142 e. The van der Waals surface area contributed by atoms with Crippen LogP contribution >= 0.6 is 0 Å². The maximum Gasteiger partial charge on any atom is 0.142 e. The van der Waals surface area contributed by atoms with Gasteiger partial charge in [-0.05, 0) is 18.2 Å². The number of methoxy groups -OCH3 is 1. The van der Waals surface area contributed by atoms with Crippen LogP contribution in [0.15, 0.2) is 36.4 Å². The summed E-state index contributed by atoms with van der Waals surface area (Å²) in [5.41, 5.74) is 21.1. The molecular formula is C13H15N3O. The van der Waals surface area contributed by atoms with Gasteiger partial charge in [0.25, 0.3) is 0 Å². The van der Waals surface area contributed by atoms with Crippen molar-refractivity contribution in [3.8, 4) is 16.9 Å². The fraction of sp³-hybridized carbons (Fsp3) is 0.0769. The van der Waals surface area contributed by atoms with E-state index in [9.17, 15) is 0 Å². The molecule has 0 aliphatic heterocycles. The molecular weight excluding hydrogens is 214 g/mol. The molecule has 0 fully saturated rings. The van der Waals surface area contributed by atoms with Crippen molar-refractivity contribution in [1.29, 1.82) is 0 Å². The molecule has 6 N–H and O–H groups in total. The molecule has 88 valence electrons. The van der Waals surface area contributed by atoms with Crippen LogP contribution in [0.4, 0.5) is 17.1 Å². The highest BCUT2D eigenvalue weighted by Gasteiger charge is 2.09. The summed E-state index contributed by atoms with van der Waals surface area (Å²) in [5.74, 6) is 0.638. The normalized spacial score (nSPS) is 10.2. The number of hydrogen-bond donors (Lipinski definition) is 3. The van der Waals surface area contributed by atoms with E-state index in [4.69, 9.17) is 21.9 Å². The van der Waals surface area contributed by atoms with Gasteiger partial charge in [0.05, 0.1) is 12.8 Å². The second-order valence-electron chi connectivity index (χ2n) is 3.77. The lowest BCUT2D eigenvalue weighted by Crippen LogP contribution is -1.98. The summed E-state index contributed by atoms with van der Waals surface area (Å²) in [4.78, 5) is 0. The molecule has 0 aliphatic carbocycles. The van der Waals surface area contributed by atoms with Crippen molar-refractivity contribution < 1.29 is 4.74 Å². The predicted octanol–water partition coefficient (Wildman–Crippen LogP) is 2.11. The van der Waals surface area contributed by atoms with Gasteiger partial charge in [-0.1, -0.05) is 18.2 Å². The van der Waals surface area contributed by atoms with Gasteiger partial charge in [-0.2, -0.15) is 0 Å². The van der Waals surface area contributed by atoms with Crippen LogP contribution in [-0.4, -0.2) is 7.11 Å². The van der Waals surface area contributed by atoms with Crippen LogP contribution in [0.1, 0.15) is 0 Å². The van der Waals surface area contributed by atoms with Gasteiger partial charge < -0.3 is 21.9 Å². The molecule has 2 rings (SSSR count). The lowest BCUT2D eigenvalue weighted by Gasteiger charge is -2.12. The Balaban J connectivity index is 2.60. The van der Waals surface area contributed by atoms with Crippen molar-refractivity contribution in [1.82, 2.24) is 0 Å². The maximum absolute atomic E-state index is 6.02. The molecule has 17 heavy (non-hydrogen) atoms.